The van der Waals surface area contributed by atoms with Crippen molar-refractivity contribution in [1.29, 1.82) is 0 Å². The predicted molar refractivity (Wildman–Crippen MR) is 201 cm³/mol. The van der Waals surface area contributed by atoms with Gasteiger partial charge in [-0.15, -0.1) is 0 Å². The van der Waals surface area contributed by atoms with Gasteiger partial charge in [-0.05, 0) is 19.3 Å². The van der Waals surface area contributed by atoms with Gasteiger partial charge in [-0.2, -0.15) is 0 Å². The van der Waals surface area contributed by atoms with E-state index >= 15 is 0 Å². The Bertz CT molecular complexity index is 527. The summed E-state index contributed by atoms with van der Waals surface area (Å²) in [7, 11) is 9.88. The fourth-order valence-electron chi connectivity index (χ4n) is 3.32. The number of hydrogen-bond acceptors (Lipinski definition) is 5. The quantitative estimate of drug-likeness (QED) is 0.147. The Morgan fingerprint density at radius 2 is 1.07 bits per heavy atom. The zero-order valence-electron chi connectivity index (χ0n) is 20.0. The number of aliphatic hydroxyl groups excluding tert-OH is 2. The summed E-state index contributed by atoms with van der Waals surface area (Å²) in [6.07, 6.45) is -0.597. The number of rotatable bonds is 13. The maximum Gasteiger partial charge on any atom is 1.00 e. The van der Waals surface area contributed by atoms with Crippen molar-refractivity contribution in [2.75, 3.05) is 55.0 Å². The van der Waals surface area contributed by atoms with E-state index in [1.807, 2.05) is 35.2 Å². The molecule has 0 radical (unpaired) electrons. The Kier molecular flexibility index (Phi) is 106. The van der Waals surface area contributed by atoms with Crippen molar-refractivity contribution in [3.63, 3.8) is 0 Å². The van der Waals surface area contributed by atoms with E-state index < -0.39 is 29.5 Å². The maximum atomic E-state index is 12.7. The van der Waals surface area contributed by atoms with Crippen LogP contribution >= 0.6 is 0 Å². The first kappa shape index (κ1) is 104. The minimum Gasteiger partial charge on any atom is -0.550 e. The second-order valence-electron chi connectivity index (χ2n) is 10.3. The van der Waals surface area contributed by atoms with Gasteiger partial charge in [0.25, 0.3) is 0 Å². The molecule has 3 N–H and O–H groups in total. The number of nitrogens with zero attached hydrogens (tertiary/aromatic N) is 2. The third kappa shape index (κ3) is 48.9. The molecule has 3 unspecified atom stereocenters. The number of carboxylic acid groups (broad SMARTS) is 1. The summed E-state index contributed by atoms with van der Waals surface area (Å²) < 4.78 is 1.05. The Hall–Kier alpha value is -0.220. The molecule has 0 aliphatic rings. The number of nitrogens with one attached hydrogen (secondary N) is 1. The van der Waals surface area contributed by atoms with Crippen LogP contribution in [0.1, 0.15) is 144 Å². The van der Waals surface area contributed by atoms with Crippen LogP contribution in [-0.2, 0) is 9.59 Å². The monoisotopic (exact) mass is 652 g/mol. The molecule has 8 nitrogen and oxygen atoms in total. The summed E-state index contributed by atoms with van der Waals surface area (Å²) in [6, 6.07) is 0. The molecule has 9 heteroatoms. The first-order valence-electron chi connectivity index (χ1n) is 9.97. The molecule has 0 heterocycles. The maximum absolute atomic E-state index is 12.7. The van der Waals surface area contributed by atoms with Crippen LogP contribution in [-0.4, -0.2) is 98.3 Å². The molecule has 0 spiro atoms. The topological polar surface area (TPSA) is 110 Å². The minimum absolute atomic E-state index is 0. The van der Waals surface area contributed by atoms with Gasteiger partial charge in [0.15, 0.2) is 12.8 Å². The number of carbonyl (C=O) groups is 2. The van der Waals surface area contributed by atoms with Gasteiger partial charge in [0, 0.05) is 17.3 Å². The van der Waals surface area contributed by atoms with E-state index in [2.05, 4.69) is 5.32 Å². The van der Waals surface area contributed by atoms with Crippen molar-refractivity contribution in [3.8, 4) is 0 Å². The van der Waals surface area contributed by atoms with Crippen molar-refractivity contribution in [3.05, 3.63) is 0 Å². The Morgan fingerprint density at radius 1 is 0.721 bits per heavy atom. The second-order valence-corrected chi connectivity index (χ2v) is 10.3. The van der Waals surface area contributed by atoms with E-state index in [1.54, 1.807) is 20.8 Å². The van der Waals surface area contributed by atoms with E-state index in [4.69, 9.17) is 0 Å². The van der Waals surface area contributed by atoms with E-state index in [0.29, 0.717) is 35.1 Å². The van der Waals surface area contributed by atoms with Crippen molar-refractivity contribution < 1.29 is 63.4 Å². The fourth-order valence-corrected chi connectivity index (χ4v) is 3.32. The molecular formula is C34H98N3NaO5+2. The van der Waals surface area contributed by atoms with Gasteiger partial charge >= 0.3 is 29.6 Å². The molecule has 278 valence electrons. The number of carboxylic acids is 1. The molecule has 0 fully saturated rings. The van der Waals surface area contributed by atoms with Gasteiger partial charge in [-0.1, -0.05) is 125 Å². The van der Waals surface area contributed by atoms with E-state index in [9.17, 15) is 24.9 Å². The molecule has 0 aliphatic heterocycles. The van der Waals surface area contributed by atoms with Crippen LogP contribution in [0.15, 0.2) is 0 Å². The zero-order chi connectivity index (χ0) is 22.3. The van der Waals surface area contributed by atoms with Crippen LogP contribution in [0, 0.1) is 11.3 Å². The molecule has 0 aromatic rings. The van der Waals surface area contributed by atoms with Crippen LogP contribution in [0.3, 0.4) is 0 Å². The number of aliphatic carboxylic acids is 1. The van der Waals surface area contributed by atoms with E-state index in [1.165, 1.54) is 0 Å². The molecule has 0 aliphatic carbocycles. The third-order valence-electron chi connectivity index (χ3n) is 4.86. The minimum atomic E-state index is -1.24. The number of carbonyl (C=O) groups excluding carboxylic acids is 2. The van der Waals surface area contributed by atoms with Gasteiger partial charge in [0.1, 0.15) is 13.1 Å². The zero-order valence-corrected chi connectivity index (χ0v) is 22.0. The molecule has 3 atom stereocenters. The fraction of sp³-hybridized carbons (Fsp3) is 0.941. The standard InChI is InChI=1S/C20H41N3O5.14CH4.Na/c1-9-16(24)10-15(18(26)27)11-20(2,3)19(28)21-14-23(7,8)13-17(25)12-22(4,5)6;;;;;;;;;;;;;;;/h15-17,24-25H,9-14H2,1-8H3;14*1H4;/q;;;;;;;;;;;;;;;+1/p+1. The van der Waals surface area contributed by atoms with E-state index in [0.717, 1.165) is 0 Å². The van der Waals surface area contributed by atoms with E-state index in [-0.39, 0.29) is 152 Å². The van der Waals surface area contributed by atoms with Gasteiger partial charge in [0.2, 0.25) is 5.91 Å². The second kappa shape index (κ2) is 43.9. The van der Waals surface area contributed by atoms with Crippen LogP contribution in [0.25, 0.3) is 0 Å². The summed E-state index contributed by atoms with van der Waals surface area (Å²) in [5, 5.41) is 34.4. The molecule has 0 aromatic carbocycles. The number of likely N-dealkylation sites (N-methyl/N-ethyl adjacent to an activating group) is 2. The van der Waals surface area contributed by atoms with Crippen molar-refractivity contribution in [2.24, 2.45) is 11.3 Å². The summed E-state index contributed by atoms with van der Waals surface area (Å²) in [4.78, 5) is 24.1. The molecule has 0 rings (SSSR count). The largest absolute Gasteiger partial charge is 1.00 e. The Morgan fingerprint density at radius 3 is 1.35 bits per heavy atom. The predicted octanol–water partition coefficient (Wildman–Crippen LogP) is 5.06. The van der Waals surface area contributed by atoms with Gasteiger partial charge in [-0.25, -0.2) is 0 Å². The first-order chi connectivity index (χ1) is 12.5. The van der Waals surface area contributed by atoms with Gasteiger partial charge in [0.05, 0.1) is 41.3 Å². The van der Waals surface area contributed by atoms with Crippen LogP contribution < -0.4 is 40.0 Å². The molecule has 43 heavy (non-hydrogen) atoms. The average Bonchev–Trinajstić information content (AvgIpc) is 2.48. The summed E-state index contributed by atoms with van der Waals surface area (Å²) in [6.45, 7) is 6.59. The normalized spacial score (nSPS) is 10.7. The SMILES string of the molecule is C.C.C.C.C.C.C.C.C.C.C.C.C.C.CCC(O)CC(CC(C)(C)C(=O)NC[N+](C)(C)CC(O)C[N+](C)(C)C)C(=O)[O-].[Na+]. The van der Waals surface area contributed by atoms with Crippen molar-refractivity contribution in [1.82, 2.24) is 5.32 Å². The van der Waals surface area contributed by atoms with Crippen molar-refractivity contribution >= 4 is 11.9 Å². The van der Waals surface area contributed by atoms with Crippen molar-refractivity contribution in [2.45, 2.75) is 156 Å². The van der Waals surface area contributed by atoms with Crippen LogP contribution in [0.4, 0.5) is 0 Å². The van der Waals surface area contributed by atoms with Crippen LogP contribution in [0.5, 0.6) is 0 Å². The number of hydrogen-bond donors (Lipinski definition) is 3. The molecule has 0 saturated carbocycles. The number of quaternary nitrogens is 2. The van der Waals surface area contributed by atoms with Gasteiger partial charge in [-0.3, -0.25) is 4.79 Å². The third-order valence-corrected chi connectivity index (χ3v) is 4.86. The molecule has 0 aromatic heterocycles. The summed E-state index contributed by atoms with van der Waals surface area (Å²) in [5.41, 5.74) is -0.918. The molecule has 0 saturated heterocycles. The Balaban J connectivity index is -0.0000000347. The first-order valence-corrected chi connectivity index (χ1v) is 9.97. The Labute approximate surface area is 301 Å². The summed E-state index contributed by atoms with van der Waals surface area (Å²) in [5.74, 6) is -2.38. The smallest absolute Gasteiger partial charge is 0.550 e. The number of amides is 1. The molecular weight excluding hydrogens is 553 g/mol. The van der Waals surface area contributed by atoms with Gasteiger partial charge < -0.3 is 34.4 Å². The average molecular weight is 652 g/mol. The molecule has 1 amide bonds. The number of aliphatic hydroxyl groups is 2. The molecule has 0 bridgehead atoms. The van der Waals surface area contributed by atoms with Crippen LogP contribution in [0.2, 0.25) is 0 Å². The summed E-state index contributed by atoms with van der Waals surface area (Å²) >= 11 is 0.